The van der Waals surface area contributed by atoms with Gasteiger partial charge in [-0.1, -0.05) is 12.1 Å². The number of aliphatic hydroxyl groups is 1. The Kier molecular flexibility index (Phi) is 5.47. The smallest absolute Gasteiger partial charge is 0.164 e. The number of aromatic nitrogens is 2. The van der Waals surface area contributed by atoms with Gasteiger partial charge in [0.2, 0.25) is 0 Å². The highest BCUT2D eigenvalue weighted by molar-refractivity contribution is 5.92. The van der Waals surface area contributed by atoms with Crippen LogP contribution in [0, 0.1) is 5.41 Å². The Balaban J connectivity index is 1.52. The first-order valence-electron chi connectivity index (χ1n) is 10.9. The molecule has 3 fully saturated rings. The number of ether oxygens (including phenoxy) is 2. The number of rotatable bonds is 9. The molecular weight excluding hydrogens is 396 g/mol. The van der Waals surface area contributed by atoms with E-state index in [0.717, 1.165) is 37.1 Å². The van der Waals surface area contributed by atoms with Gasteiger partial charge in [0.05, 0.1) is 18.2 Å². The number of aliphatic hydroxyl groups excluding tert-OH is 1. The second kappa shape index (κ2) is 8.41. The van der Waals surface area contributed by atoms with Gasteiger partial charge in [0.1, 0.15) is 36.3 Å². The molecule has 3 atom stereocenters. The highest BCUT2D eigenvalue weighted by Crippen LogP contribution is 2.40. The maximum absolute atomic E-state index is 9.68. The van der Waals surface area contributed by atoms with Crippen LogP contribution in [-0.4, -0.2) is 65.5 Å². The molecule has 164 valence electrons. The van der Waals surface area contributed by atoms with Gasteiger partial charge in [-0.25, -0.2) is 9.97 Å². The van der Waals surface area contributed by atoms with Crippen molar-refractivity contribution in [2.24, 2.45) is 5.73 Å². The normalized spacial score (nSPS) is 23.1. The summed E-state index contributed by atoms with van der Waals surface area (Å²) in [6.45, 7) is 0.967. The molecule has 3 heterocycles. The number of anilines is 2. The number of benzene rings is 1. The van der Waals surface area contributed by atoms with Crippen LogP contribution in [0.25, 0.3) is 11.4 Å². The van der Waals surface area contributed by atoms with Crippen LogP contribution in [0.15, 0.2) is 24.3 Å². The van der Waals surface area contributed by atoms with Crippen molar-refractivity contribution in [2.45, 2.75) is 50.1 Å². The molecule has 9 nitrogen and oxygen atoms in total. The highest BCUT2D eigenvalue weighted by atomic mass is 16.5. The van der Waals surface area contributed by atoms with Crippen LogP contribution in [0.1, 0.15) is 31.2 Å². The lowest BCUT2D eigenvalue weighted by Crippen LogP contribution is -2.31. The quantitative estimate of drug-likeness (QED) is 0.448. The van der Waals surface area contributed by atoms with Gasteiger partial charge < -0.3 is 35.9 Å². The van der Waals surface area contributed by atoms with Crippen molar-refractivity contribution in [3.05, 3.63) is 29.8 Å². The molecule has 0 amide bonds. The second-order valence-corrected chi connectivity index (χ2v) is 8.35. The molecule has 1 saturated carbocycles. The average Bonchev–Trinajstić information content (AvgIpc) is 3.41. The van der Waals surface area contributed by atoms with Gasteiger partial charge in [-0.3, -0.25) is 0 Å². The van der Waals surface area contributed by atoms with Gasteiger partial charge in [-0.15, -0.1) is 0 Å². The predicted octanol–water partition coefficient (Wildman–Crippen LogP) is 1.74. The molecule has 2 aromatic rings. The summed E-state index contributed by atoms with van der Waals surface area (Å²) in [5, 5.41) is 21.2. The Morgan fingerprint density at radius 3 is 2.84 bits per heavy atom. The predicted molar refractivity (Wildman–Crippen MR) is 118 cm³/mol. The van der Waals surface area contributed by atoms with E-state index in [-0.39, 0.29) is 25.4 Å². The topological polar surface area (TPSA) is 130 Å². The molecule has 2 bridgehead atoms. The molecule has 1 aliphatic carbocycles. The Morgan fingerprint density at radius 2 is 2.19 bits per heavy atom. The standard InChI is InChI=1S/C22H28N6O3/c23-9-16(29)12-30-17-3-1-2-13(8-17)20-26-21(25-14-4-5-14)18(10-24)22(27-20)28-15-6-7-19(28)31-11-15/h1-3,8,10,14-16,19,24,29H,4-7,9,11-12,23H2,(H,25,26,27). The number of nitrogens with two attached hydrogens (primary N) is 1. The molecule has 31 heavy (non-hydrogen) atoms. The van der Waals surface area contributed by atoms with Crippen LogP contribution in [0.2, 0.25) is 0 Å². The minimum absolute atomic E-state index is 0.00708. The van der Waals surface area contributed by atoms with Crippen LogP contribution in [0.4, 0.5) is 11.6 Å². The Bertz CT molecular complexity index is 946. The zero-order chi connectivity index (χ0) is 21.4. The summed E-state index contributed by atoms with van der Waals surface area (Å²) in [6, 6.07) is 8.19. The maximum Gasteiger partial charge on any atom is 0.164 e. The van der Waals surface area contributed by atoms with Crippen molar-refractivity contribution >= 4 is 17.9 Å². The second-order valence-electron chi connectivity index (χ2n) is 8.35. The SMILES string of the molecule is N=Cc1c(NC2CC2)nc(-c2cccc(OCC(O)CN)c2)nc1N1C2CCC1OC2. The van der Waals surface area contributed by atoms with E-state index in [1.54, 1.807) is 0 Å². The third-order valence-corrected chi connectivity index (χ3v) is 5.97. The van der Waals surface area contributed by atoms with E-state index < -0.39 is 6.10 Å². The van der Waals surface area contributed by atoms with Gasteiger partial charge in [-0.2, -0.15) is 0 Å². The molecule has 0 radical (unpaired) electrons. The number of hydrogen-bond acceptors (Lipinski definition) is 9. The van der Waals surface area contributed by atoms with E-state index in [9.17, 15) is 5.11 Å². The van der Waals surface area contributed by atoms with Crippen molar-refractivity contribution in [1.82, 2.24) is 9.97 Å². The van der Waals surface area contributed by atoms with Crippen molar-refractivity contribution in [1.29, 1.82) is 5.41 Å². The largest absolute Gasteiger partial charge is 0.491 e. The Hall–Kier alpha value is -2.75. The summed E-state index contributed by atoms with van der Waals surface area (Å²) in [6.07, 6.45) is 4.90. The van der Waals surface area contributed by atoms with Crippen molar-refractivity contribution in [3.8, 4) is 17.1 Å². The fourth-order valence-electron chi connectivity index (χ4n) is 4.14. The zero-order valence-corrected chi connectivity index (χ0v) is 17.3. The molecule has 2 aliphatic heterocycles. The molecule has 9 heteroatoms. The number of fused-ring (bicyclic) bond motifs is 2. The molecule has 3 aliphatic rings. The third kappa shape index (κ3) is 4.08. The molecule has 5 rings (SSSR count). The molecule has 1 aromatic carbocycles. The number of nitrogens with zero attached hydrogens (tertiary/aromatic N) is 3. The van der Waals surface area contributed by atoms with Crippen molar-refractivity contribution in [3.63, 3.8) is 0 Å². The van der Waals surface area contributed by atoms with Crippen LogP contribution in [0.3, 0.4) is 0 Å². The lowest BCUT2D eigenvalue weighted by atomic mass is 10.1. The van der Waals surface area contributed by atoms with Crippen LogP contribution < -0.4 is 20.7 Å². The van der Waals surface area contributed by atoms with E-state index in [1.807, 2.05) is 24.3 Å². The molecule has 5 N–H and O–H groups in total. The summed E-state index contributed by atoms with van der Waals surface area (Å²) < 4.78 is 11.6. The molecule has 3 unspecified atom stereocenters. The lowest BCUT2D eigenvalue weighted by molar-refractivity contribution is 0.0858. The maximum atomic E-state index is 9.68. The highest BCUT2D eigenvalue weighted by Gasteiger charge is 2.43. The number of hydrogen-bond donors (Lipinski definition) is 4. The first-order chi connectivity index (χ1) is 15.2. The summed E-state index contributed by atoms with van der Waals surface area (Å²) >= 11 is 0. The minimum atomic E-state index is -0.710. The Labute approximate surface area is 181 Å². The van der Waals surface area contributed by atoms with Gasteiger partial charge in [0.15, 0.2) is 5.82 Å². The fraction of sp³-hybridized carbons (Fsp3) is 0.500. The summed E-state index contributed by atoms with van der Waals surface area (Å²) in [5.74, 6) is 2.62. The first-order valence-corrected chi connectivity index (χ1v) is 10.9. The van der Waals surface area contributed by atoms with Crippen LogP contribution in [0.5, 0.6) is 5.75 Å². The third-order valence-electron chi connectivity index (χ3n) is 5.97. The van der Waals surface area contributed by atoms with E-state index in [2.05, 4.69) is 10.2 Å². The van der Waals surface area contributed by atoms with E-state index >= 15 is 0 Å². The average molecular weight is 425 g/mol. The van der Waals surface area contributed by atoms with E-state index in [0.29, 0.717) is 35.6 Å². The summed E-state index contributed by atoms with van der Waals surface area (Å²) in [5.41, 5.74) is 6.97. The van der Waals surface area contributed by atoms with E-state index in [1.165, 1.54) is 6.21 Å². The molecule has 2 saturated heterocycles. The van der Waals surface area contributed by atoms with Crippen molar-refractivity contribution < 1.29 is 14.6 Å². The van der Waals surface area contributed by atoms with Crippen LogP contribution in [-0.2, 0) is 4.74 Å². The molecule has 0 spiro atoms. The molecule has 1 aromatic heterocycles. The number of nitrogens with one attached hydrogen (secondary N) is 2. The fourth-order valence-corrected chi connectivity index (χ4v) is 4.14. The first kappa shape index (κ1) is 20.2. The van der Waals surface area contributed by atoms with Gasteiger partial charge in [0, 0.05) is 24.4 Å². The van der Waals surface area contributed by atoms with Gasteiger partial charge >= 0.3 is 0 Å². The minimum Gasteiger partial charge on any atom is -0.491 e. The van der Waals surface area contributed by atoms with Crippen molar-refractivity contribution in [2.75, 3.05) is 30.0 Å². The lowest BCUT2D eigenvalue weighted by Gasteiger charge is -2.25. The zero-order valence-electron chi connectivity index (χ0n) is 17.3. The van der Waals surface area contributed by atoms with Gasteiger partial charge in [0.25, 0.3) is 0 Å². The van der Waals surface area contributed by atoms with E-state index in [4.69, 9.17) is 30.6 Å². The monoisotopic (exact) mass is 424 g/mol. The Morgan fingerprint density at radius 1 is 1.32 bits per heavy atom. The summed E-state index contributed by atoms with van der Waals surface area (Å²) in [4.78, 5) is 11.9. The molecular formula is C22H28N6O3. The van der Waals surface area contributed by atoms with Crippen LogP contribution >= 0.6 is 0 Å². The summed E-state index contributed by atoms with van der Waals surface area (Å²) in [7, 11) is 0. The van der Waals surface area contributed by atoms with Gasteiger partial charge in [-0.05, 0) is 37.8 Å².